The van der Waals surface area contributed by atoms with Gasteiger partial charge >= 0.3 is 0 Å². The van der Waals surface area contributed by atoms with Gasteiger partial charge in [0.05, 0.1) is 22.6 Å². The summed E-state index contributed by atoms with van der Waals surface area (Å²) < 4.78 is 14.9. The van der Waals surface area contributed by atoms with Crippen LogP contribution < -0.4 is 5.32 Å². The Morgan fingerprint density at radius 1 is 1.06 bits per heavy atom. The van der Waals surface area contributed by atoms with E-state index in [1.54, 1.807) is 34.8 Å². The minimum absolute atomic E-state index is 0.0633. The fourth-order valence-corrected chi connectivity index (χ4v) is 4.12. The number of anilines is 1. The third-order valence-electron chi connectivity index (χ3n) is 5.90. The number of likely N-dealkylation sites (tertiary alicyclic amines) is 1. The van der Waals surface area contributed by atoms with Gasteiger partial charge in [-0.3, -0.25) is 9.59 Å². The van der Waals surface area contributed by atoms with Gasteiger partial charge in [-0.05, 0) is 75.6 Å². The van der Waals surface area contributed by atoms with Crippen molar-refractivity contribution < 1.29 is 14.0 Å². The zero-order chi connectivity index (χ0) is 22.8. The molecule has 166 valence electrons. The van der Waals surface area contributed by atoms with E-state index < -0.39 is 0 Å². The number of halogens is 1. The van der Waals surface area contributed by atoms with Gasteiger partial charge in [0.2, 0.25) is 5.91 Å². The number of carbonyl (C=O) groups excluding carboxylic acids is 2. The standard InChI is InChI=1S/C24H26FN5O2/c1-15-8-11-26-21(14-15)27-23(31)18-9-12-29(13-10-18)24(32)22-16(2)28-30(17(22)3)20-6-4-19(25)5-7-20/h4-8,11,14,18H,9-10,12-13H2,1-3H3,(H,26,27,31). The largest absolute Gasteiger partial charge is 0.338 e. The molecular weight excluding hydrogens is 409 g/mol. The molecule has 0 atom stereocenters. The summed E-state index contributed by atoms with van der Waals surface area (Å²) >= 11 is 0. The molecule has 0 spiro atoms. The van der Waals surface area contributed by atoms with E-state index in [0.29, 0.717) is 54.4 Å². The van der Waals surface area contributed by atoms with E-state index in [2.05, 4.69) is 15.4 Å². The molecule has 2 aromatic heterocycles. The molecule has 7 nitrogen and oxygen atoms in total. The molecule has 2 amide bonds. The predicted octanol–water partition coefficient (Wildman–Crippen LogP) is 3.82. The summed E-state index contributed by atoms with van der Waals surface area (Å²) in [5, 5.41) is 7.38. The lowest BCUT2D eigenvalue weighted by Crippen LogP contribution is -2.41. The summed E-state index contributed by atoms with van der Waals surface area (Å²) in [6.07, 6.45) is 2.85. The first kappa shape index (κ1) is 21.7. The summed E-state index contributed by atoms with van der Waals surface area (Å²) in [6.45, 7) is 6.59. The number of aryl methyl sites for hydroxylation is 2. The van der Waals surface area contributed by atoms with E-state index >= 15 is 0 Å². The van der Waals surface area contributed by atoms with Crippen molar-refractivity contribution in [3.63, 3.8) is 0 Å². The second kappa shape index (κ2) is 8.90. The Morgan fingerprint density at radius 3 is 2.41 bits per heavy atom. The van der Waals surface area contributed by atoms with E-state index in [1.165, 1.54) is 12.1 Å². The third kappa shape index (κ3) is 4.39. The predicted molar refractivity (Wildman–Crippen MR) is 119 cm³/mol. The van der Waals surface area contributed by atoms with E-state index in [9.17, 15) is 14.0 Å². The van der Waals surface area contributed by atoms with Gasteiger partial charge in [-0.2, -0.15) is 5.10 Å². The SMILES string of the molecule is Cc1ccnc(NC(=O)C2CCN(C(=O)c3c(C)nn(-c4ccc(F)cc4)c3C)CC2)c1. The number of hydrogen-bond acceptors (Lipinski definition) is 4. The van der Waals surface area contributed by atoms with Crippen LogP contribution in [0.5, 0.6) is 0 Å². The average Bonchev–Trinajstić information content (AvgIpc) is 3.07. The normalized spacial score (nSPS) is 14.4. The minimum atomic E-state index is -0.323. The monoisotopic (exact) mass is 435 g/mol. The maximum absolute atomic E-state index is 13.3. The van der Waals surface area contributed by atoms with E-state index in [1.807, 2.05) is 26.0 Å². The number of amides is 2. The smallest absolute Gasteiger partial charge is 0.257 e. The molecule has 3 heterocycles. The molecule has 0 radical (unpaired) electrons. The fourth-order valence-electron chi connectivity index (χ4n) is 4.12. The molecule has 1 N–H and O–H groups in total. The molecule has 0 bridgehead atoms. The molecule has 32 heavy (non-hydrogen) atoms. The number of nitrogens with zero attached hydrogens (tertiary/aromatic N) is 4. The van der Waals surface area contributed by atoms with Crippen LogP contribution >= 0.6 is 0 Å². The number of nitrogens with one attached hydrogen (secondary N) is 1. The first-order chi connectivity index (χ1) is 15.3. The van der Waals surface area contributed by atoms with Crippen molar-refractivity contribution in [2.75, 3.05) is 18.4 Å². The molecule has 1 aliphatic heterocycles. The van der Waals surface area contributed by atoms with Gasteiger partial charge in [0.25, 0.3) is 5.91 Å². The Labute approximate surface area is 186 Å². The maximum atomic E-state index is 13.3. The quantitative estimate of drug-likeness (QED) is 0.676. The first-order valence-corrected chi connectivity index (χ1v) is 10.7. The van der Waals surface area contributed by atoms with Crippen LogP contribution in [0.3, 0.4) is 0 Å². The molecule has 1 saturated heterocycles. The van der Waals surface area contributed by atoms with Gasteiger partial charge in [0.1, 0.15) is 11.6 Å². The highest BCUT2D eigenvalue weighted by molar-refractivity contribution is 5.97. The lowest BCUT2D eigenvalue weighted by Gasteiger charge is -2.31. The Bertz CT molecular complexity index is 1150. The van der Waals surface area contributed by atoms with Crippen molar-refractivity contribution in [3.8, 4) is 5.69 Å². The molecule has 0 saturated carbocycles. The van der Waals surface area contributed by atoms with Crippen molar-refractivity contribution >= 4 is 17.6 Å². The second-order valence-corrected chi connectivity index (χ2v) is 8.21. The number of piperidine rings is 1. The third-order valence-corrected chi connectivity index (χ3v) is 5.90. The van der Waals surface area contributed by atoms with Crippen molar-refractivity contribution in [1.82, 2.24) is 19.7 Å². The molecule has 3 aromatic rings. The van der Waals surface area contributed by atoms with Crippen LogP contribution in [0.4, 0.5) is 10.2 Å². The Kier molecular flexibility index (Phi) is 6.03. The van der Waals surface area contributed by atoms with Crippen LogP contribution in [0.25, 0.3) is 5.69 Å². The summed E-state index contributed by atoms with van der Waals surface area (Å²) in [7, 11) is 0. The molecule has 4 rings (SSSR count). The minimum Gasteiger partial charge on any atom is -0.338 e. The lowest BCUT2D eigenvalue weighted by molar-refractivity contribution is -0.121. The van der Waals surface area contributed by atoms with Gasteiger partial charge in [-0.15, -0.1) is 0 Å². The number of carbonyl (C=O) groups is 2. The highest BCUT2D eigenvalue weighted by atomic mass is 19.1. The van der Waals surface area contributed by atoms with Crippen molar-refractivity contribution in [3.05, 3.63) is 70.9 Å². The highest BCUT2D eigenvalue weighted by Crippen LogP contribution is 2.24. The Morgan fingerprint density at radius 2 is 1.75 bits per heavy atom. The van der Waals surface area contributed by atoms with Gasteiger partial charge in [-0.25, -0.2) is 14.1 Å². The Hall–Kier alpha value is -3.55. The van der Waals surface area contributed by atoms with Crippen LogP contribution in [0, 0.1) is 32.5 Å². The summed E-state index contributed by atoms with van der Waals surface area (Å²) in [6, 6.07) is 9.72. The highest BCUT2D eigenvalue weighted by Gasteiger charge is 2.30. The van der Waals surface area contributed by atoms with Crippen LogP contribution in [0.15, 0.2) is 42.6 Å². The van der Waals surface area contributed by atoms with Crippen molar-refractivity contribution in [2.45, 2.75) is 33.6 Å². The van der Waals surface area contributed by atoms with Crippen LogP contribution in [0.2, 0.25) is 0 Å². The molecular formula is C24H26FN5O2. The van der Waals surface area contributed by atoms with Gasteiger partial charge in [0.15, 0.2) is 0 Å². The van der Waals surface area contributed by atoms with Crippen LogP contribution in [0.1, 0.15) is 40.2 Å². The molecule has 0 aliphatic carbocycles. The number of aromatic nitrogens is 3. The summed E-state index contributed by atoms with van der Waals surface area (Å²) in [5.74, 6) is -0.0885. The second-order valence-electron chi connectivity index (χ2n) is 8.21. The molecule has 1 aliphatic rings. The fraction of sp³-hybridized carbons (Fsp3) is 0.333. The number of rotatable bonds is 4. The van der Waals surface area contributed by atoms with Gasteiger partial charge in [-0.1, -0.05) is 0 Å². The first-order valence-electron chi connectivity index (χ1n) is 10.7. The van der Waals surface area contributed by atoms with Crippen LogP contribution in [-0.2, 0) is 4.79 Å². The molecule has 1 aromatic carbocycles. The van der Waals surface area contributed by atoms with Crippen molar-refractivity contribution in [2.24, 2.45) is 5.92 Å². The maximum Gasteiger partial charge on any atom is 0.257 e. The zero-order valence-corrected chi connectivity index (χ0v) is 18.4. The topological polar surface area (TPSA) is 80.1 Å². The van der Waals surface area contributed by atoms with E-state index in [-0.39, 0.29) is 23.5 Å². The number of benzene rings is 1. The summed E-state index contributed by atoms with van der Waals surface area (Å²) in [4.78, 5) is 31.8. The van der Waals surface area contributed by atoms with Crippen LogP contribution in [-0.4, -0.2) is 44.6 Å². The van der Waals surface area contributed by atoms with Gasteiger partial charge < -0.3 is 10.2 Å². The number of pyridine rings is 1. The van der Waals surface area contributed by atoms with E-state index in [0.717, 1.165) is 5.56 Å². The molecule has 0 unspecified atom stereocenters. The lowest BCUT2D eigenvalue weighted by atomic mass is 9.95. The number of hydrogen-bond donors (Lipinski definition) is 1. The molecule has 1 fully saturated rings. The summed E-state index contributed by atoms with van der Waals surface area (Å²) in [5.41, 5.74) is 3.63. The molecule has 8 heteroatoms. The zero-order valence-electron chi connectivity index (χ0n) is 18.4. The van der Waals surface area contributed by atoms with Crippen molar-refractivity contribution in [1.29, 1.82) is 0 Å². The average molecular weight is 436 g/mol. The van der Waals surface area contributed by atoms with Gasteiger partial charge in [0, 0.05) is 25.2 Å². The van der Waals surface area contributed by atoms with E-state index in [4.69, 9.17) is 0 Å². The Balaban J connectivity index is 1.42.